The molecule has 5 heteroatoms. The minimum Gasteiger partial charge on any atom is -0.545 e. The van der Waals surface area contributed by atoms with Crippen LogP contribution in [0.3, 0.4) is 0 Å². The maximum atomic E-state index is 11.6. The molecule has 0 saturated heterocycles. The molecular formula is C20H18NO4-. The Labute approximate surface area is 145 Å². The summed E-state index contributed by atoms with van der Waals surface area (Å²) in [5, 5.41) is 12.2. The van der Waals surface area contributed by atoms with E-state index in [0.717, 1.165) is 5.56 Å². The van der Waals surface area contributed by atoms with Crippen LogP contribution in [0.25, 0.3) is 22.2 Å². The summed E-state index contributed by atoms with van der Waals surface area (Å²) in [7, 11) is 1.56. The molecule has 0 radical (unpaired) electrons. The van der Waals surface area contributed by atoms with Gasteiger partial charge < -0.3 is 19.4 Å². The lowest BCUT2D eigenvalue weighted by atomic mass is 10.0. The van der Waals surface area contributed by atoms with Crippen molar-refractivity contribution in [2.75, 3.05) is 13.7 Å². The molecule has 0 saturated carbocycles. The van der Waals surface area contributed by atoms with Gasteiger partial charge in [-0.05, 0) is 37.6 Å². The number of aromatic nitrogens is 1. The molecule has 0 atom stereocenters. The molecule has 2 aromatic carbocycles. The highest BCUT2D eigenvalue weighted by molar-refractivity contribution is 6.03. The van der Waals surface area contributed by atoms with Crippen LogP contribution in [-0.2, 0) is 0 Å². The van der Waals surface area contributed by atoms with Crippen LogP contribution in [0, 0.1) is 6.92 Å². The molecule has 5 nitrogen and oxygen atoms in total. The predicted molar refractivity (Wildman–Crippen MR) is 94.0 cm³/mol. The number of rotatable bonds is 5. The summed E-state index contributed by atoms with van der Waals surface area (Å²) in [5.41, 5.74) is 2.80. The van der Waals surface area contributed by atoms with E-state index in [2.05, 4.69) is 4.98 Å². The van der Waals surface area contributed by atoms with Crippen molar-refractivity contribution in [2.24, 2.45) is 0 Å². The van der Waals surface area contributed by atoms with Gasteiger partial charge in [0.05, 0.1) is 30.9 Å². The predicted octanol–water partition coefficient (Wildman–Crippen LogP) is 2.98. The lowest BCUT2D eigenvalue weighted by molar-refractivity contribution is -0.254. The second kappa shape index (κ2) is 6.81. The number of pyridine rings is 1. The SMILES string of the molecule is CCOc1c(OC)cccc1-c1cc(C(=O)[O-])c2cccc(C)c2n1. The average molecular weight is 336 g/mol. The molecule has 25 heavy (non-hydrogen) atoms. The Balaban J connectivity index is 2.34. The van der Waals surface area contributed by atoms with E-state index in [4.69, 9.17) is 9.47 Å². The van der Waals surface area contributed by atoms with Crippen molar-refractivity contribution in [2.45, 2.75) is 13.8 Å². The average Bonchev–Trinajstić information content (AvgIpc) is 2.61. The second-order valence-corrected chi connectivity index (χ2v) is 5.58. The highest BCUT2D eigenvalue weighted by Crippen LogP contribution is 2.38. The molecule has 0 aliphatic rings. The Bertz CT molecular complexity index is 950. The number of ether oxygens (including phenoxy) is 2. The molecular weight excluding hydrogens is 318 g/mol. The van der Waals surface area contributed by atoms with Gasteiger partial charge >= 0.3 is 0 Å². The van der Waals surface area contributed by atoms with Crippen LogP contribution in [0.15, 0.2) is 42.5 Å². The number of carboxylic acid groups (broad SMARTS) is 1. The molecule has 0 aliphatic carbocycles. The van der Waals surface area contributed by atoms with Gasteiger partial charge in [0.25, 0.3) is 0 Å². The number of benzene rings is 2. The zero-order valence-electron chi connectivity index (χ0n) is 14.3. The minimum absolute atomic E-state index is 0.106. The third-order valence-electron chi connectivity index (χ3n) is 4.02. The maximum Gasteiger partial charge on any atom is 0.170 e. The van der Waals surface area contributed by atoms with Crippen molar-refractivity contribution < 1.29 is 19.4 Å². The van der Waals surface area contributed by atoms with E-state index in [1.165, 1.54) is 6.07 Å². The first-order valence-electron chi connectivity index (χ1n) is 7.98. The number of carbonyl (C=O) groups excluding carboxylic acids is 1. The lowest BCUT2D eigenvalue weighted by Crippen LogP contribution is -2.23. The number of methoxy groups -OCH3 is 1. The summed E-state index contributed by atoms with van der Waals surface area (Å²) in [5.74, 6) is -0.127. The third kappa shape index (κ3) is 3.01. The van der Waals surface area contributed by atoms with E-state index < -0.39 is 5.97 Å². The van der Waals surface area contributed by atoms with Crippen LogP contribution in [0.1, 0.15) is 22.8 Å². The molecule has 3 rings (SSSR count). The number of fused-ring (bicyclic) bond motifs is 1. The van der Waals surface area contributed by atoms with Gasteiger partial charge in [-0.3, -0.25) is 0 Å². The van der Waals surface area contributed by atoms with Crippen molar-refractivity contribution in [3.63, 3.8) is 0 Å². The summed E-state index contributed by atoms with van der Waals surface area (Å²) < 4.78 is 11.1. The first kappa shape index (κ1) is 16.8. The summed E-state index contributed by atoms with van der Waals surface area (Å²) >= 11 is 0. The van der Waals surface area contributed by atoms with Crippen molar-refractivity contribution in [1.82, 2.24) is 4.98 Å². The maximum absolute atomic E-state index is 11.6. The number of hydrogen-bond donors (Lipinski definition) is 0. The highest BCUT2D eigenvalue weighted by atomic mass is 16.5. The Hall–Kier alpha value is -3.08. The molecule has 128 valence electrons. The molecule has 0 amide bonds. The van der Waals surface area contributed by atoms with Crippen LogP contribution in [-0.4, -0.2) is 24.7 Å². The van der Waals surface area contributed by atoms with Crippen LogP contribution >= 0.6 is 0 Å². The van der Waals surface area contributed by atoms with Gasteiger partial charge in [0, 0.05) is 16.5 Å². The van der Waals surface area contributed by atoms with Crippen molar-refractivity contribution in [3.05, 3.63) is 53.6 Å². The normalized spacial score (nSPS) is 10.7. The van der Waals surface area contributed by atoms with Crippen molar-refractivity contribution in [3.8, 4) is 22.8 Å². The highest BCUT2D eigenvalue weighted by Gasteiger charge is 2.16. The van der Waals surface area contributed by atoms with E-state index in [1.807, 2.05) is 38.1 Å². The fourth-order valence-corrected chi connectivity index (χ4v) is 2.87. The van der Waals surface area contributed by atoms with E-state index >= 15 is 0 Å². The molecule has 1 heterocycles. The van der Waals surface area contributed by atoms with Gasteiger partial charge in [0.1, 0.15) is 0 Å². The summed E-state index contributed by atoms with van der Waals surface area (Å²) in [6, 6.07) is 12.4. The van der Waals surface area contributed by atoms with Gasteiger partial charge in [-0.15, -0.1) is 0 Å². The van der Waals surface area contributed by atoms with Crippen LogP contribution in [0.2, 0.25) is 0 Å². The van der Waals surface area contributed by atoms with Gasteiger partial charge in [-0.1, -0.05) is 24.3 Å². The van der Waals surface area contributed by atoms with Gasteiger partial charge in [0.15, 0.2) is 11.5 Å². The minimum atomic E-state index is -1.24. The van der Waals surface area contributed by atoms with Crippen molar-refractivity contribution >= 4 is 16.9 Å². The first-order valence-corrected chi connectivity index (χ1v) is 7.98. The summed E-state index contributed by atoms with van der Waals surface area (Å²) in [4.78, 5) is 16.3. The lowest BCUT2D eigenvalue weighted by Gasteiger charge is -2.16. The number of nitrogens with zero attached hydrogens (tertiary/aromatic N) is 1. The summed E-state index contributed by atoms with van der Waals surface area (Å²) in [6.07, 6.45) is 0. The number of para-hydroxylation sites is 2. The van der Waals surface area contributed by atoms with Crippen molar-refractivity contribution in [1.29, 1.82) is 0 Å². The van der Waals surface area contributed by atoms with E-state index in [1.54, 1.807) is 19.2 Å². The van der Waals surface area contributed by atoms with Crippen LogP contribution < -0.4 is 14.6 Å². The first-order chi connectivity index (χ1) is 12.1. The largest absolute Gasteiger partial charge is 0.545 e. The molecule has 0 fully saturated rings. The standard InChI is InChI=1S/C20H19NO4/c1-4-25-19-14(9-6-10-17(19)24-3)16-11-15(20(22)23)13-8-5-7-12(2)18(13)21-16/h5-11H,4H2,1-3H3,(H,22,23)/p-1. The number of hydrogen-bond acceptors (Lipinski definition) is 5. The zero-order chi connectivity index (χ0) is 18.0. The monoisotopic (exact) mass is 336 g/mol. The number of aryl methyl sites for hydroxylation is 1. The zero-order valence-corrected chi connectivity index (χ0v) is 14.3. The number of carbonyl (C=O) groups is 1. The quantitative estimate of drug-likeness (QED) is 0.716. The Morgan fingerprint density at radius 2 is 1.96 bits per heavy atom. The number of aromatic carboxylic acids is 1. The second-order valence-electron chi connectivity index (χ2n) is 5.58. The summed E-state index contributed by atoms with van der Waals surface area (Å²) in [6.45, 7) is 4.22. The van der Waals surface area contributed by atoms with Gasteiger partial charge in [-0.25, -0.2) is 4.98 Å². The Morgan fingerprint density at radius 3 is 2.64 bits per heavy atom. The van der Waals surface area contributed by atoms with Crippen LogP contribution in [0.5, 0.6) is 11.5 Å². The molecule has 1 aromatic heterocycles. The van der Waals surface area contributed by atoms with E-state index in [-0.39, 0.29) is 5.56 Å². The van der Waals surface area contributed by atoms with Gasteiger partial charge in [0.2, 0.25) is 0 Å². The Morgan fingerprint density at radius 1 is 1.20 bits per heavy atom. The molecule has 0 unspecified atom stereocenters. The third-order valence-corrected chi connectivity index (χ3v) is 4.02. The topological polar surface area (TPSA) is 71.5 Å². The molecule has 0 bridgehead atoms. The molecule has 0 N–H and O–H groups in total. The van der Waals surface area contributed by atoms with E-state index in [0.29, 0.717) is 40.3 Å². The molecule has 0 aliphatic heterocycles. The molecule has 0 spiro atoms. The van der Waals surface area contributed by atoms with Crippen LogP contribution in [0.4, 0.5) is 0 Å². The molecule has 3 aromatic rings. The fraction of sp³-hybridized carbons (Fsp3) is 0.200. The smallest absolute Gasteiger partial charge is 0.170 e. The van der Waals surface area contributed by atoms with E-state index in [9.17, 15) is 9.90 Å². The Kier molecular flexibility index (Phi) is 4.57. The van der Waals surface area contributed by atoms with Gasteiger partial charge in [-0.2, -0.15) is 0 Å². The fourth-order valence-electron chi connectivity index (χ4n) is 2.87. The number of carboxylic acids is 1.